The highest BCUT2D eigenvalue weighted by Gasteiger charge is 2.43. The van der Waals surface area contributed by atoms with Crippen molar-refractivity contribution in [2.45, 2.75) is 0 Å². The van der Waals surface area contributed by atoms with Crippen LogP contribution in [0, 0.1) is 0 Å². The maximum Gasteiger partial charge on any atom is 0.238 e. The fourth-order valence-corrected chi connectivity index (χ4v) is 20.5. The molecule has 0 aliphatic carbocycles. The molecule has 5 nitrogen and oxygen atoms in total. The SMILES string of the molecule is [2H]c1c([2H])c([2H])c(-n2c3c([2H])c([2H])c([2H])c([2H])c3c3c([2H])c([2H])c([2H])c([2H])c32)c(-c2nc(-c3c([2H])c([2H])c([2H])c([Si](c4ccccc4)(c4ccccc4)c4ccccc4)c3[2H])nc(-n3c4c([2H])c([2H])c([2H])c([2H])c4c4c([2H])c([2H])c([Si](c5ccccc5)(c5ccccc5)c5ccccc5)c([2H])c43)n2)c1[2H]. The van der Waals surface area contributed by atoms with Crippen LogP contribution in [0.5, 0.6) is 0 Å². The largest absolute Gasteiger partial charge is 0.309 e. The molecule has 0 saturated heterocycles. The van der Waals surface area contributed by atoms with Crippen molar-refractivity contribution in [3.63, 3.8) is 0 Å². The summed E-state index contributed by atoms with van der Waals surface area (Å²) in [6.07, 6.45) is 0. The third kappa shape index (κ3) is 7.85. The van der Waals surface area contributed by atoms with Gasteiger partial charge in [-0.25, -0.2) is 4.98 Å². The maximum atomic E-state index is 11.1. The Morgan fingerprint density at radius 3 is 1.12 bits per heavy atom. The monoisotopic (exact) mass is 1100 g/mol. The molecule has 386 valence electrons. The van der Waals surface area contributed by atoms with Crippen LogP contribution in [0.25, 0.3) is 78.0 Å². The van der Waals surface area contributed by atoms with Crippen LogP contribution in [0.15, 0.2) is 321 Å². The third-order valence-electron chi connectivity index (χ3n) is 15.0. The topological polar surface area (TPSA) is 48.5 Å². The van der Waals surface area contributed by atoms with Gasteiger partial charge in [-0.05, 0) is 77.7 Å². The molecule has 7 heteroatoms. The number of para-hydroxylation sites is 4. The first-order valence-electron chi connectivity index (χ1n) is 37.6. The summed E-state index contributed by atoms with van der Waals surface area (Å²) < 4.78 is 226. The van der Waals surface area contributed by atoms with Crippen molar-refractivity contribution in [3.8, 4) is 34.4 Å². The molecule has 0 bridgehead atoms. The Labute approximate surface area is 510 Å². The minimum Gasteiger partial charge on any atom is -0.309 e. The van der Waals surface area contributed by atoms with Crippen LogP contribution in [-0.4, -0.2) is 40.2 Å². The van der Waals surface area contributed by atoms with Crippen molar-refractivity contribution in [1.82, 2.24) is 24.1 Å². The Morgan fingerprint density at radius 2 is 0.659 bits per heavy atom. The van der Waals surface area contributed by atoms with Gasteiger partial charge in [-0.1, -0.05) is 285 Å². The zero-order valence-electron chi connectivity index (χ0n) is 66.1. The van der Waals surface area contributed by atoms with E-state index in [1.807, 2.05) is 72.8 Å². The Balaban J connectivity index is 1.20. The lowest BCUT2D eigenvalue weighted by molar-refractivity contribution is 0.952. The average molecular weight is 1100 g/mol. The average Bonchev–Trinajstić information content (AvgIpc) is 1.62. The quantitative estimate of drug-likeness (QED) is 0.0905. The number of hydrogen-bond acceptors (Lipinski definition) is 3. The van der Waals surface area contributed by atoms with E-state index in [1.54, 1.807) is 109 Å². The van der Waals surface area contributed by atoms with Gasteiger partial charge in [0.1, 0.15) is 0 Å². The van der Waals surface area contributed by atoms with E-state index in [4.69, 9.17) is 20.4 Å². The lowest BCUT2D eigenvalue weighted by Crippen LogP contribution is -2.74. The van der Waals surface area contributed by atoms with Crippen LogP contribution < -0.4 is 41.5 Å². The normalized spacial score (nSPS) is 15.8. The molecule has 0 unspecified atom stereocenters. The summed E-state index contributed by atoms with van der Waals surface area (Å²) in [7, 11) is -8.34. The van der Waals surface area contributed by atoms with Gasteiger partial charge in [-0.2, -0.15) is 9.97 Å². The van der Waals surface area contributed by atoms with Crippen molar-refractivity contribution in [2.24, 2.45) is 0 Å². The number of fused-ring (bicyclic) bond motifs is 6. The summed E-state index contributed by atoms with van der Waals surface area (Å²) in [6, 6.07) is 36.4. The minimum atomic E-state index is -4.17. The molecule has 0 atom stereocenters. The number of rotatable bonds is 12. The molecule has 82 heavy (non-hydrogen) atoms. The van der Waals surface area contributed by atoms with Gasteiger partial charge in [-0.3, -0.25) is 4.57 Å². The predicted octanol–water partition coefficient (Wildman–Crippen LogP) is 12.2. The van der Waals surface area contributed by atoms with Gasteiger partial charge < -0.3 is 4.57 Å². The summed E-state index contributed by atoms with van der Waals surface area (Å²) in [4.78, 5) is 15.2. The van der Waals surface area contributed by atoms with Crippen LogP contribution in [0.2, 0.25) is 0 Å². The van der Waals surface area contributed by atoms with Crippen LogP contribution in [0.3, 0.4) is 0 Å². The van der Waals surface area contributed by atoms with E-state index in [9.17, 15) is 26.0 Å². The molecular weight excluding hydrogens is 1030 g/mol. The molecule has 15 rings (SSSR count). The summed E-state index contributed by atoms with van der Waals surface area (Å²) in [5.41, 5.74) is -4.25. The number of nitrogens with zero attached hydrogens (tertiary/aromatic N) is 5. The Kier molecular flexibility index (Phi) is 7.55. The van der Waals surface area contributed by atoms with Gasteiger partial charge in [0, 0.05) is 32.7 Å². The number of hydrogen-bond donors (Lipinski definition) is 0. The molecule has 0 aliphatic rings. The highest BCUT2D eigenvalue weighted by Crippen LogP contribution is 2.37. The molecule has 0 saturated carbocycles. The highest BCUT2D eigenvalue weighted by molar-refractivity contribution is 7.20. The smallest absolute Gasteiger partial charge is 0.238 e. The highest BCUT2D eigenvalue weighted by atomic mass is 28.3. The second kappa shape index (κ2) is 20.4. The first-order valence-corrected chi connectivity index (χ1v) is 30.1. The molecule has 0 N–H and O–H groups in total. The third-order valence-corrected chi connectivity index (χ3v) is 24.2. The van der Waals surface area contributed by atoms with Crippen LogP contribution in [0.1, 0.15) is 31.5 Å². The predicted molar refractivity (Wildman–Crippen MR) is 347 cm³/mol. The van der Waals surface area contributed by atoms with E-state index in [1.165, 1.54) is 0 Å². The Hall–Kier alpha value is -10.3. The molecule has 3 aromatic heterocycles. The lowest BCUT2D eigenvalue weighted by Gasteiger charge is -2.34. The van der Waals surface area contributed by atoms with E-state index in [0.29, 0.717) is 31.1 Å². The van der Waals surface area contributed by atoms with Gasteiger partial charge >= 0.3 is 0 Å². The van der Waals surface area contributed by atoms with Crippen molar-refractivity contribution >= 4 is 101 Å². The number of aromatic nitrogens is 5. The van der Waals surface area contributed by atoms with E-state index >= 15 is 0 Å². The van der Waals surface area contributed by atoms with Crippen LogP contribution >= 0.6 is 0 Å². The van der Waals surface area contributed by atoms with E-state index in [2.05, 4.69) is 0 Å². The van der Waals surface area contributed by atoms with Crippen molar-refractivity contribution in [2.75, 3.05) is 0 Å². The summed E-state index contributed by atoms with van der Waals surface area (Å²) in [5, 5.41) is 1.96. The molecule has 15 aromatic rings. The Morgan fingerprint density at radius 1 is 0.280 bits per heavy atom. The summed E-state index contributed by atoms with van der Waals surface area (Å²) in [6.45, 7) is 0. The van der Waals surface area contributed by atoms with E-state index in [-0.39, 0.29) is 15.8 Å². The second-order valence-electron chi connectivity index (χ2n) is 19.3. The molecular formula is C75H53N5Si2. The van der Waals surface area contributed by atoms with Gasteiger partial charge in [-0.15, -0.1) is 0 Å². The molecule has 0 amide bonds. The lowest BCUT2D eigenvalue weighted by atomic mass is 10.1. The van der Waals surface area contributed by atoms with Crippen molar-refractivity contribution in [1.29, 1.82) is 0 Å². The zero-order valence-corrected chi connectivity index (χ0v) is 45.1. The summed E-state index contributed by atoms with van der Waals surface area (Å²) in [5.74, 6) is -2.40. The molecule has 0 fully saturated rings. The minimum absolute atomic E-state index is 0.0159. The molecule has 3 heterocycles. The fraction of sp³-hybridized carbons (Fsp3) is 0. The van der Waals surface area contributed by atoms with Gasteiger partial charge in [0.05, 0.1) is 59.3 Å². The van der Waals surface area contributed by atoms with Crippen molar-refractivity contribution < 1.29 is 31.5 Å². The Bertz CT molecular complexity index is 5930. The van der Waals surface area contributed by atoms with E-state index in [0.717, 1.165) is 9.13 Å². The summed E-state index contributed by atoms with van der Waals surface area (Å²) >= 11 is 0. The van der Waals surface area contributed by atoms with E-state index < -0.39 is 228 Å². The molecule has 0 aliphatic heterocycles. The first-order chi connectivity index (χ1) is 50.3. The number of benzene rings is 12. The van der Waals surface area contributed by atoms with Crippen LogP contribution in [-0.2, 0) is 0 Å². The molecule has 12 aromatic carbocycles. The standard InChI is InChI=1S/C75H53N5Si2/c1-7-29-55(30-8-1)81(56-31-9-2-10-32-56,57-33-11-3-12-34-57)61-41-27-28-54(52-61)73-76-74(67-45-22-26-49-71(67)79-68-46-23-19-42-63(68)64-43-20-24-47-69(64)79)78-75(77-73)80-70-48-25-21-44-65(70)66-51-50-62(53-72(66)80)82(58-35-13-4-14-36-58,59-37-15-5-16-38-59)60-39-17-6-18-40-60/h1-53H/i19D,20D,21D,22D,23D,24D,25D,26D,27D,28D,41D,42D,43D,44D,45D,46D,47D,48D,49D,50D,51D,52D,53D. The van der Waals surface area contributed by atoms with Gasteiger partial charge in [0.15, 0.2) is 27.8 Å². The molecule has 0 radical (unpaired) electrons. The zero-order chi connectivity index (χ0) is 74.5. The van der Waals surface area contributed by atoms with Crippen LogP contribution in [0.4, 0.5) is 0 Å². The first kappa shape index (κ1) is 30.3. The fourth-order valence-electron chi connectivity index (χ4n) is 11.5. The van der Waals surface area contributed by atoms with Gasteiger partial charge in [0.25, 0.3) is 0 Å². The molecule has 0 spiro atoms. The van der Waals surface area contributed by atoms with Crippen molar-refractivity contribution in [3.05, 3.63) is 321 Å². The van der Waals surface area contributed by atoms with Gasteiger partial charge in [0.2, 0.25) is 5.95 Å². The second-order valence-corrected chi connectivity index (χ2v) is 26.7. The maximum absolute atomic E-state index is 11.1.